The van der Waals surface area contributed by atoms with Gasteiger partial charge in [-0.25, -0.2) is 9.37 Å². The average molecular weight is 346 g/mol. The molecule has 19 heavy (non-hydrogen) atoms. The van der Waals surface area contributed by atoms with Crippen LogP contribution >= 0.6 is 27.5 Å². The van der Waals surface area contributed by atoms with E-state index in [9.17, 15) is 4.39 Å². The summed E-state index contributed by atoms with van der Waals surface area (Å²) < 4.78 is 19.7. The van der Waals surface area contributed by atoms with Crippen LogP contribution in [0.25, 0.3) is 0 Å². The topological polar surface area (TPSA) is 35.0 Å². The monoisotopic (exact) mass is 344 g/mol. The number of nitrogens with zero attached hydrogens (tertiary/aromatic N) is 2. The standard InChI is InChI=1S/C13H11BrClFN2O/c1-2-3-12-17-11(15)7-13(18-12)19-10-6-8(14)4-5-9(10)16/h4-7H,2-3H2,1H3. The zero-order valence-corrected chi connectivity index (χ0v) is 12.5. The van der Waals surface area contributed by atoms with Gasteiger partial charge in [0.15, 0.2) is 11.6 Å². The maximum Gasteiger partial charge on any atom is 0.224 e. The van der Waals surface area contributed by atoms with E-state index in [1.54, 1.807) is 6.07 Å². The number of benzene rings is 1. The molecule has 0 N–H and O–H groups in total. The Balaban J connectivity index is 2.29. The van der Waals surface area contributed by atoms with Crippen LogP contribution in [-0.2, 0) is 6.42 Å². The Labute approximate surface area is 123 Å². The molecular formula is C13H11BrClFN2O. The smallest absolute Gasteiger partial charge is 0.224 e. The van der Waals surface area contributed by atoms with Crippen LogP contribution in [0.3, 0.4) is 0 Å². The van der Waals surface area contributed by atoms with E-state index in [0.29, 0.717) is 12.2 Å². The molecule has 0 unspecified atom stereocenters. The SMILES string of the molecule is CCCc1nc(Cl)cc(Oc2cc(Br)ccc2F)n1. The fourth-order valence-electron chi connectivity index (χ4n) is 1.50. The van der Waals surface area contributed by atoms with Gasteiger partial charge in [-0.1, -0.05) is 34.5 Å². The highest BCUT2D eigenvalue weighted by molar-refractivity contribution is 9.10. The number of ether oxygens (including phenoxy) is 1. The first kappa shape index (κ1) is 14.2. The molecule has 0 saturated heterocycles. The molecule has 0 radical (unpaired) electrons. The van der Waals surface area contributed by atoms with Gasteiger partial charge in [-0.2, -0.15) is 4.98 Å². The van der Waals surface area contributed by atoms with E-state index < -0.39 is 5.82 Å². The number of rotatable bonds is 4. The van der Waals surface area contributed by atoms with Gasteiger partial charge in [0.05, 0.1) is 0 Å². The van der Waals surface area contributed by atoms with Crippen LogP contribution in [-0.4, -0.2) is 9.97 Å². The Bertz CT molecular complexity index is 595. The van der Waals surface area contributed by atoms with Crippen molar-refractivity contribution in [3.8, 4) is 11.6 Å². The summed E-state index contributed by atoms with van der Waals surface area (Å²) in [6, 6.07) is 5.90. The van der Waals surface area contributed by atoms with E-state index >= 15 is 0 Å². The van der Waals surface area contributed by atoms with Crippen molar-refractivity contribution in [1.82, 2.24) is 9.97 Å². The van der Waals surface area contributed by atoms with E-state index in [-0.39, 0.29) is 16.8 Å². The van der Waals surface area contributed by atoms with Crippen LogP contribution in [0.4, 0.5) is 4.39 Å². The number of halogens is 3. The summed E-state index contributed by atoms with van der Waals surface area (Å²) in [5.74, 6) is 0.447. The summed E-state index contributed by atoms with van der Waals surface area (Å²) in [5.41, 5.74) is 0. The molecule has 1 aromatic carbocycles. The van der Waals surface area contributed by atoms with Crippen LogP contribution < -0.4 is 4.74 Å². The summed E-state index contributed by atoms with van der Waals surface area (Å²) >= 11 is 9.15. The molecule has 0 saturated carbocycles. The van der Waals surface area contributed by atoms with Gasteiger partial charge in [0.2, 0.25) is 5.88 Å². The van der Waals surface area contributed by atoms with Crippen LogP contribution in [0.2, 0.25) is 5.15 Å². The van der Waals surface area contributed by atoms with E-state index in [1.807, 2.05) is 6.92 Å². The fraction of sp³-hybridized carbons (Fsp3) is 0.231. The number of aromatic nitrogens is 2. The van der Waals surface area contributed by atoms with Gasteiger partial charge < -0.3 is 4.74 Å². The Morgan fingerprint density at radius 1 is 1.32 bits per heavy atom. The van der Waals surface area contributed by atoms with E-state index in [1.165, 1.54) is 18.2 Å². The Morgan fingerprint density at radius 2 is 2.11 bits per heavy atom. The zero-order chi connectivity index (χ0) is 13.8. The lowest BCUT2D eigenvalue weighted by Gasteiger charge is -2.08. The van der Waals surface area contributed by atoms with Crippen molar-refractivity contribution in [3.05, 3.63) is 45.5 Å². The molecule has 0 aliphatic carbocycles. The van der Waals surface area contributed by atoms with Gasteiger partial charge >= 0.3 is 0 Å². The van der Waals surface area contributed by atoms with Gasteiger partial charge in [-0.15, -0.1) is 0 Å². The van der Waals surface area contributed by atoms with Crippen molar-refractivity contribution in [2.24, 2.45) is 0 Å². The van der Waals surface area contributed by atoms with Crippen LogP contribution in [0.5, 0.6) is 11.6 Å². The van der Waals surface area contributed by atoms with Crippen molar-refractivity contribution < 1.29 is 9.13 Å². The van der Waals surface area contributed by atoms with E-state index in [4.69, 9.17) is 16.3 Å². The first-order chi connectivity index (χ1) is 9.08. The van der Waals surface area contributed by atoms with Gasteiger partial charge in [0.25, 0.3) is 0 Å². The lowest BCUT2D eigenvalue weighted by molar-refractivity contribution is 0.424. The van der Waals surface area contributed by atoms with Crippen molar-refractivity contribution in [3.63, 3.8) is 0 Å². The van der Waals surface area contributed by atoms with Crippen molar-refractivity contribution in [1.29, 1.82) is 0 Å². The molecule has 0 fully saturated rings. The molecule has 0 amide bonds. The van der Waals surface area contributed by atoms with Crippen molar-refractivity contribution >= 4 is 27.5 Å². The van der Waals surface area contributed by atoms with Crippen LogP contribution in [0.15, 0.2) is 28.7 Å². The first-order valence-electron chi connectivity index (χ1n) is 5.75. The summed E-state index contributed by atoms with van der Waals surface area (Å²) in [6.45, 7) is 2.01. The first-order valence-corrected chi connectivity index (χ1v) is 6.92. The minimum Gasteiger partial charge on any atom is -0.436 e. The third-order valence-electron chi connectivity index (χ3n) is 2.30. The highest BCUT2D eigenvalue weighted by atomic mass is 79.9. The second-order valence-corrected chi connectivity index (χ2v) is 5.17. The summed E-state index contributed by atoms with van der Waals surface area (Å²) in [7, 11) is 0. The predicted octanol–water partition coefficient (Wildman–Crippen LogP) is 4.78. The molecule has 2 rings (SSSR count). The van der Waals surface area contributed by atoms with Crippen LogP contribution in [0.1, 0.15) is 19.2 Å². The van der Waals surface area contributed by atoms with Gasteiger partial charge in [-0.05, 0) is 24.6 Å². The third kappa shape index (κ3) is 3.88. The second kappa shape index (κ2) is 6.30. The molecule has 1 heterocycles. The average Bonchev–Trinajstić information content (AvgIpc) is 2.33. The normalized spacial score (nSPS) is 10.5. The molecule has 0 aliphatic rings. The number of hydrogen-bond acceptors (Lipinski definition) is 3. The summed E-state index contributed by atoms with van der Waals surface area (Å²) in [5, 5.41) is 0.281. The minimum absolute atomic E-state index is 0.0894. The van der Waals surface area contributed by atoms with Gasteiger partial charge in [-0.3, -0.25) is 0 Å². The predicted molar refractivity (Wildman–Crippen MR) is 75.2 cm³/mol. The number of aryl methyl sites for hydroxylation is 1. The molecule has 100 valence electrons. The highest BCUT2D eigenvalue weighted by Gasteiger charge is 2.09. The lowest BCUT2D eigenvalue weighted by atomic mass is 10.3. The Morgan fingerprint density at radius 3 is 2.84 bits per heavy atom. The number of hydrogen-bond donors (Lipinski definition) is 0. The molecule has 3 nitrogen and oxygen atoms in total. The van der Waals surface area contributed by atoms with Gasteiger partial charge in [0.1, 0.15) is 11.0 Å². The zero-order valence-electron chi connectivity index (χ0n) is 10.2. The summed E-state index contributed by atoms with van der Waals surface area (Å²) in [4.78, 5) is 8.27. The molecular weight excluding hydrogens is 335 g/mol. The van der Waals surface area contributed by atoms with E-state index in [2.05, 4.69) is 25.9 Å². The van der Waals surface area contributed by atoms with Crippen molar-refractivity contribution in [2.75, 3.05) is 0 Å². The molecule has 0 atom stereocenters. The maximum atomic E-state index is 13.6. The second-order valence-electron chi connectivity index (χ2n) is 3.87. The van der Waals surface area contributed by atoms with Crippen LogP contribution in [0, 0.1) is 5.82 Å². The lowest BCUT2D eigenvalue weighted by Crippen LogP contribution is -1.98. The Kier molecular flexibility index (Phi) is 4.71. The molecule has 1 aromatic heterocycles. The molecule has 0 spiro atoms. The molecule has 0 aliphatic heterocycles. The minimum atomic E-state index is -0.463. The molecule has 2 aromatic rings. The molecule has 6 heteroatoms. The Hall–Kier alpha value is -1.20. The quantitative estimate of drug-likeness (QED) is 0.748. The largest absolute Gasteiger partial charge is 0.436 e. The van der Waals surface area contributed by atoms with Crippen molar-refractivity contribution in [2.45, 2.75) is 19.8 Å². The maximum absolute atomic E-state index is 13.6. The van der Waals surface area contributed by atoms with Gasteiger partial charge in [0, 0.05) is 17.0 Å². The third-order valence-corrected chi connectivity index (χ3v) is 2.99. The highest BCUT2D eigenvalue weighted by Crippen LogP contribution is 2.27. The molecule has 0 bridgehead atoms. The summed E-state index contributed by atoms with van der Waals surface area (Å²) in [6.07, 6.45) is 1.59. The van der Waals surface area contributed by atoms with E-state index in [0.717, 1.165) is 10.9 Å². The fourth-order valence-corrected chi connectivity index (χ4v) is 2.03.